The van der Waals surface area contributed by atoms with E-state index in [2.05, 4.69) is 20.4 Å². The van der Waals surface area contributed by atoms with Crippen LogP contribution in [0, 0.1) is 5.82 Å². The lowest BCUT2D eigenvalue weighted by Crippen LogP contribution is -2.49. The van der Waals surface area contributed by atoms with Crippen molar-refractivity contribution in [2.24, 2.45) is 0 Å². The standard InChI is InChI=1S/C22H21FN6O4S/c1-2-9-34(31,32)28-12-15(13-28)22-26-20(27-33-22)14-6-7-16(23)17(10-14)25-21(30)18-11-24-19-5-3-4-8-29(18)19/h3-8,10-11,15H,2,9,12-13H2,1H3,(H,25,30). The van der Waals surface area contributed by atoms with Crippen molar-refractivity contribution in [3.05, 3.63) is 66.2 Å². The lowest BCUT2D eigenvalue weighted by Gasteiger charge is -2.35. The lowest BCUT2D eigenvalue weighted by molar-refractivity contribution is 0.102. The van der Waals surface area contributed by atoms with Gasteiger partial charge in [-0.3, -0.25) is 9.20 Å². The summed E-state index contributed by atoms with van der Waals surface area (Å²) >= 11 is 0. The van der Waals surface area contributed by atoms with E-state index in [1.165, 1.54) is 28.7 Å². The Morgan fingerprint density at radius 2 is 2.09 bits per heavy atom. The molecule has 12 heteroatoms. The third kappa shape index (κ3) is 4.05. The molecule has 0 radical (unpaired) electrons. The number of hydrogen-bond donors (Lipinski definition) is 1. The number of aromatic nitrogens is 4. The van der Waals surface area contributed by atoms with E-state index >= 15 is 0 Å². The molecule has 176 valence electrons. The minimum Gasteiger partial charge on any atom is -0.339 e. The Morgan fingerprint density at radius 3 is 2.88 bits per heavy atom. The van der Waals surface area contributed by atoms with Crippen LogP contribution in [0.3, 0.4) is 0 Å². The zero-order chi connectivity index (χ0) is 23.9. The van der Waals surface area contributed by atoms with E-state index in [0.717, 1.165) is 0 Å². The minimum absolute atomic E-state index is 0.0415. The van der Waals surface area contributed by atoms with E-state index in [4.69, 9.17) is 4.52 Å². The van der Waals surface area contributed by atoms with Crippen LogP contribution in [0.25, 0.3) is 17.0 Å². The van der Waals surface area contributed by atoms with Crippen LogP contribution in [0.4, 0.5) is 10.1 Å². The van der Waals surface area contributed by atoms with Gasteiger partial charge in [0.1, 0.15) is 17.2 Å². The van der Waals surface area contributed by atoms with Crippen LogP contribution in [0.15, 0.2) is 53.3 Å². The van der Waals surface area contributed by atoms with E-state index in [-0.39, 0.29) is 42.0 Å². The van der Waals surface area contributed by atoms with Gasteiger partial charge >= 0.3 is 0 Å². The van der Waals surface area contributed by atoms with Gasteiger partial charge < -0.3 is 9.84 Å². The van der Waals surface area contributed by atoms with Crippen molar-refractivity contribution in [2.75, 3.05) is 24.2 Å². The van der Waals surface area contributed by atoms with Crippen molar-refractivity contribution >= 4 is 27.3 Å². The van der Waals surface area contributed by atoms with Crippen molar-refractivity contribution in [2.45, 2.75) is 19.3 Å². The number of rotatable bonds is 7. The van der Waals surface area contributed by atoms with E-state index < -0.39 is 21.7 Å². The fourth-order valence-corrected chi connectivity index (χ4v) is 5.36. The molecule has 1 fully saturated rings. The fourth-order valence-electron chi connectivity index (χ4n) is 3.77. The Balaban J connectivity index is 1.32. The van der Waals surface area contributed by atoms with Gasteiger partial charge in [-0.1, -0.05) is 18.1 Å². The van der Waals surface area contributed by atoms with Crippen LogP contribution in [-0.2, 0) is 10.0 Å². The molecular formula is C22H21FN6O4S. The number of nitrogens with one attached hydrogen (secondary N) is 1. The first kappa shape index (κ1) is 22.2. The average molecular weight is 485 g/mol. The molecule has 10 nitrogen and oxygen atoms in total. The first-order valence-corrected chi connectivity index (χ1v) is 12.3. The Hall–Kier alpha value is -3.64. The highest BCUT2D eigenvalue weighted by Crippen LogP contribution is 2.31. The normalized spacial score (nSPS) is 14.9. The van der Waals surface area contributed by atoms with Crippen LogP contribution in [0.5, 0.6) is 0 Å². The van der Waals surface area contributed by atoms with Crippen LogP contribution < -0.4 is 5.32 Å². The maximum absolute atomic E-state index is 14.5. The number of carbonyl (C=O) groups excluding carboxylic acids is 1. The smallest absolute Gasteiger partial charge is 0.274 e. The molecule has 1 saturated heterocycles. The largest absolute Gasteiger partial charge is 0.339 e. The summed E-state index contributed by atoms with van der Waals surface area (Å²) in [6, 6.07) is 9.43. The third-order valence-electron chi connectivity index (χ3n) is 5.62. The quantitative estimate of drug-likeness (QED) is 0.428. The number of pyridine rings is 1. The molecule has 0 atom stereocenters. The van der Waals surface area contributed by atoms with Crippen molar-refractivity contribution in [3.8, 4) is 11.4 Å². The molecule has 4 aromatic rings. The fraction of sp³-hybridized carbons (Fsp3) is 0.273. The van der Waals surface area contributed by atoms with Gasteiger partial charge in [0, 0.05) is 24.8 Å². The SMILES string of the molecule is CCCS(=O)(=O)N1CC(c2nc(-c3ccc(F)c(NC(=O)c4cnc5ccccn45)c3)no2)C1. The average Bonchev–Trinajstić information content (AvgIpc) is 3.41. The number of sulfonamides is 1. The summed E-state index contributed by atoms with van der Waals surface area (Å²) in [5, 5.41) is 6.52. The number of nitrogens with zero attached hydrogens (tertiary/aromatic N) is 5. The molecule has 0 spiro atoms. The maximum Gasteiger partial charge on any atom is 0.274 e. The van der Waals surface area contributed by atoms with Crippen molar-refractivity contribution in [1.29, 1.82) is 0 Å². The topological polar surface area (TPSA) is 123 Å². The number of benzene rings is 1. The summed E-state index contributed by atoms with van der Waals surface area (Å²) in [5.74, 6) is -0.693. The van der Waals surface area contributed by atoms with Crippen LogP contribution >= 0.6 is 0 Å². The number of halogens is 1. The second-order valence-corrected chi connectivity index (χ2v) is 10.1. The molecule has 1 aliphatic rings. The first-order chi connectivity index (χ1) is 16.4. The first-order valence-electron chi connectivity index (χ1n) is 10.7. The Bertz CT molecular complexity index is 1480. The molecule has 1 amide bonds. The highest BCUT2D eigenvalue weighted by atomic mass is 32.2. The van der Waals surface area contributed by atoms with Crippen LogP contribution in [0.1, 0.15) is 35.6 Å². The number of amides is 1. The molecule has 34 heavy (non-hydrogen) atoms. The molecule has 0 saturated carbocycles. The molecule has 0 aliphatic carbocycles. The van der Waals surface area contributed by atoms with Gasteiger partial charge in [-0.05, 0) is 36.8 Å². The van der Waals surface area contributed by atoms with Gasteiger partial charge in [0.15, 0.2) is 0 Å². The Kier molecular flexibility index (Phi) is 5.62. The minimum atomic E-state index is -3.26. The molecule has 1 N–H and O–H groups in total. The maximum atomic E-state index is 14.5. The highest BCUT2D eigenvalue weighted by molar-refractivity contribution is 7.89. The summed E-state index contributed by atoms with van der Waals surface area (Å²) in [6.45, 7) is 2.39. The van der Waals surface area contributed by atoms with Gasteiger partial charge in [-0.25, -0.2) is 22.1 Å². The second kappa shape index (κ2) is 8.61. The summed E-state index contributed by atoms with van der Waals surface area (Å²) in [6.07, 6.45) is 3.66. The second-order valence-electron chi connectivity index (χ2n) is 8.01. The zero-order valence-electron chi connectivity index (χ0n) is 18.2. The van der Waals surface area contributed by atoms with Gasteiger partial charge in [-0.2, -0.15) is 4.98 Å². The van der Waals surface area contributed by atoms with Crippen molar-refractivity contribution in [1.82, 2.24) is 23.8 Å². The van der Waals surface area contributed by atoms with Crippen LogP contribution in [-0.4, -0.2) is 57.0 Å². The summed E-state index contributed by atoms with van der Waals surface area (Å²) in [7, 11) is -3.26. The number of carbonyl (C=O) groups is 1. The van der Waals surface area contributed by atoms with E-state index in [1.54, 1.807) is 28.8 Å². The summed E-state index contributed by atoms with van der Waals surface area (Å²) < 4.78 is 47.0. The third-order valence-corrected chi connectivity index (χ3v) is 7.63. The lowest BCUT2D eigenvalue weighted by atomic mass is 10.0. The number of anilines is 1. The molecule has 4 heterocycles. The summed E-state index contributed by atoms with van der Waals surface area (Å²) in [4.78, 5) is 21.3. The Morgan fingerprint density at radius 1 is 1.26 bits per heavy atom. The predicted molar refractivity (Wildman–Crippen MR) is 121 cm³/mol. The van der Waals surface area contributed by atoms with Crippen LogP contribution in [0.2, 0.25) is 0 Å². The Labute approximate surface area is 194 Å². The van der Waals surface area contributed by atoms with Crippen molar-refractivity contribution in [3.63, 3.8) is 0 Å². The zero-order valence-corrected chi connectivity index (χ0v) is 19.0. The molecule has 0 bridgehead atoms. The van der Waals surface area contributed by atoms with E-state index in [1.807, 2.05) is 6.92 Å². The monoisotopic (exact) mass is 484 g/mol. The number of hydrogen-bond acceptors (Lipinski definition) is 7. The van der Waals surface area contributed by atoms with Gasteiger partial charge in [0.25, 0.3) is 5.91 Å². The number of fused-ring (bicyclic) bond motifs is 1. The van der Waals surface area contributed by atoms with E-state index in [0.29, 0.717) is 23.5 Å². The molecule has 0 unspecified atom stereocenters. The molecular weight excluding hydrogens is 463 g/mol. The number of imidazole rings is 1. The van der Waals surface area contributed by atoms with E-state index in [9.17, 15) is 17.6 Å². The molecule has 3 aromatic heterocycles. The van der Waals surface area contributed by atoms with Gasteiger partial charge in [0.05, 0.1) is 23.6 Å². The highest BCUT2D eigenvalue weighted by Gasteiger charge is 2.39. The molecule has 1 aromatic carbocycles. The van der Waals surface area contributed by atoms with Gasteiger partial charge in [-0.15, -0.1) is 0 Å². The molecule has 5 rings (SSSR count). The predicted octanol–water partition coefficient (Wildman–Crippen LogP) is 2.91. The van der Waals surface area contributed by atoms with Gasteiger partial charge in [0.2, 0.25) is 21.7 Å². The van der Waals surface area contributed by atoms with Crippen molar-refractivity contribution < 1.29 is 22.1 Å². The molecule has 1 aliphatic heterocycles. The summed E-state index contributed by atoms with van der Waals surface area (Å²) in [5.41, 5.74) is 1.26.